The van der Waals surface area contributed by atoms with Gasteiger partial charge >= 0.3 is 0 Å². The summed E-state index contributed by atoms with van der Waals surface area (Å²) in [6, 6.07) is 0. The highest BCUT2D eigenvalue weighted by atomic mass is 16.5. The van der Waals surface area contributed by atoms with Crippen molar-refractivity contribution in [2.75, 3.05) is 13.7 Å². The van der Waals surface area contributed by atoms with Crippen LogP contribution >= 0.6 is 0 Å². The van der Waals surface area contributed by atoms with Gasteiger partial charge in [0.25, 0.3) is 0 Å². The molecule has 84 valence electrons. The van der Waals surface area contributed by atoms with E-state index in [0.717, 1.165) is 25.3 Å². The standard InChI is InChI=1S/C12H20N2O/c1-9-5-3-6-10-12(9)14-11(13-10)7-4-8-15-2/h9H,3-8H2,1-2H3,(H,13,14). The molecular weight excluding hydrogens is 188 g/mol. The van der Waals surface area contributed by atoms with E-state index in [9.17, 15) is 0 Å². The summed E-state index contributed by atoms with van der Waals surface area (Å²) in [5.41, 5.74) is 2.69. The Hall–Kier alpha value is -0.830. The molecular formula is C12H20N2O. The Balaban J connectivity index is 2.01. The normalized spacial score (nSPS) is 20.3. The fourth-order valence-electron chi connectivity index (χ4n) is 2.30. The molecule has 1 aliphatic carbocycles. The van der Waals surface area contributed by atoms with E-state index in [2.05, 4.69) is 11.9 Å². The highest BCUT2D eigenvalue weighted by molar-refractivity contribution is 5.21. The first-order valence-corrected chi connectivity index (χ1v) is 5.88. The van der Waals surface area contributed by atoms with E-state index in [1.807, 2.05) is 0 Å². The van der Waals surface area contributed by atoms with Crippen molar-refractivity contribution in [2.45, 2.75) is 44.9 Å². The van der Waals surface area contributed by atoms with Gasteiger partial charge < -0.3 is 9.72 Å². The molecule has 0 radical (unpaired) electrons. The average Bonchev–Trinajstić information content (AvgIpc) is 2.63. The number of nitrogens with zero attached hydrogens (tertiary/aromatic N) is 1. The summed E-state index contributed by atoms with van der Waals surface area (Å²) < 4.78 is 5.05. The lowest BCUT2D eigenvalue weighted by Gasteiger charge is -2.15. The molecule has 1 heterocycles. The molecule has 1 aromatic rings. The van der Waals surface area contributed by atoms with Gasteiger partial charge in [-0.2, -0.15) is 0 Å². The van der Waals surface area contributed by atoms with Crippen molar-refractivity contribution in [2.24, 2.45) is 0 Å². The summed E-state index contributed by atoms with van der Waals surface area (Å²) in [6.07, 6.45) is 5.82. The topological polar surface area (TPSA) is 37.9 Å². The Bertz CT molecular complexity index is 319. The summed E-state index contributed by atoms with van der Waals surface area (Å²) in [4.78, 5) is 8.15. The molecule has 1 aliphatic rings. The molecule has 0 bridgehead atoms. The second-order valence-electron chi connectivity index (χ2n) is 4.44. The number of hydrogen-bond acceptors (Lipinski definition) is 2. The molecule has 1 N–H and O–H groups in total. The van der Waals surface area contributed by atoms with Gasteiger partial charge in [-0.15, -0.1) is 0 Å². The molecule has 3 nitrogen and oxygen atoms in total. The van der Waals surface area contributed by atoms with Crippen molar-refractivity contribution in [1.82, 2.24) is 9.97 Å². The number of hydrogen-bond donors (Lipinski definition) is 1. The van der Waals surface area contributed by atoms with Crippen molar-refractivity contribution < 1.29 is 4.74 Å². The third-order valence-electron chi connectivity index (χ3n) is 3.15. The second kappa shape index (κ2) is 4.79. The van der Waals surface area contributed by atoms with Gasteiger partial charge in [-0.1, -0.05) is 6.92 Å². The van der Waals surface area contributed by atoms with Crippen molar-refractivity contribution in [3.63, 3.8) is 0 Å². The van der Waals surface area contributed by atoms with Gasteiger partial charge in [-0.25, -0.2) is 4.98 Å². The number of ether oxygens (including phenoxy) is 1. The van der Waals surface area contributed by atoms with Gasteiger partial charge in [-0.3, -0.25) is 0 Å². The Morgan fingerprint density at radius 2 is 2.40 bits per heavy atom. The lowest BCUT2D eigenvalue weighted by atomic mass is 9.92. The first-order chi connectivity index (χ1) is 7.31. The second-order valence-corrected chi connectivity index (χ2v) is 4.44. The number of aromatic amines is 1. The molecule has 0 aliphatic heterocycles. The molecule has 15 heavy (non-hydrogen) atoms. The van der Waals surface area contributed by atoms with Crippen LogP contribution in [0, 0.1) is 0 Å². The number of H-pyrrole nitrogens is 1. The number of fused-ring (bicyclic) bond motifs is 1. The summed E-state index contributed by atoms with van der Waals surface area (Å²) in [7, 11) is 1.75. The molecule has 0 aromatic carbocycles. The first kappa shape index (κ1) is 10.7. The molecule has 2 rings (SSSR count). The largest absolute Gasteiger partial charge is 0.385 e. The molecule has 0 saturated carbocycles. The first-order valence-electron chi connectivity index (χ1n) is 5.88. The van der Waals surface area contributed by atoms with E-state index in [1.165, 1.54) is 30.7 Å². The maximum absolute atomic E-state index is 5.05. The lowest BCUT2D eigenvalue weighted by Crippen LogP contribution is -2.05. The van der Waals surface area contributed by atoms with Crippen LogP contribution in [0.15, 0.2) is 0 Å². The monoisotopic (exact) mass is 208 g/mol. The van der Waals surface area contributed by atoms with Gasteiger partial charge in [0.1, 0.15) is 5.82 Å². The van der Waals surface area contributed by atoms with E-state index in [1.54, 1.807) is 7.11 Å². The van der Waals surface area contributed by atoms with Crippen LogP contribution in [0.1, 0.15) is 49.3 Å². The lowest BCUT2D eigenvalue weighted by molar-refractivity contribution is 0.194. The Kier molecular flexibility index (Phi) is 3.41. The van der Waals surface area contributed by atoms with Gasteiger partial charge in [-0.05, 0) is 25.7 Å². The van der Waals surface area contributed by atoms with E-state index < -0.39 is 0 Å². The van der Waals surface area contributed by atoms with Crippen LogP contribution in [0.4, 0.5) is 0 Å². The zero-order chi connectivity index (χ0) is 10.7. The van der Waals surface area contributed by atoms with Crippen molar-refractivity contribution in [3.05, 3.63) is 17.2 Å². The molecule has 3 heteroatoms. The maximum Gasteiger partial charge on any atom is 0.106 e. The minimum atomic E-state index is 0.640. The van der Waals surface area contributed by atoms with Crippen LogP contribution < -0.4 is 0 Å². The van der Waals surface area contributed by atoms with Gasteiger partial charge in [0.05, 0.1) is 5.69 Å². The van der Waals surface area contributed by atoms with E-state index in [4.69, 9.17) is 9.72 Å². The molecule has 0 spiro atoms. The molecule has 1 unspecified atom stereocenters. The van der Waals surface area contributed by atoms with Crippen LogP contribution in [-0.2, 0) is 17.6 Å². The van der Waals surface area contributed by atoms with Crippen molar-refractivity contribution in [1.29, 1.82) is 0 Å². The van der Waals surface area contributed by atoms with Crippen LogP contribution in [0.5, 0.6) is 0 Å². The van der Waals surface area contributed by atoms with Gasteiger partial charge in [0, 0.05) is 31.7 Å². The number of aryl methyl sites for hydroxylation is 2. The predicted molar refractivity (Wildman–Crippen MR) is 60.1 cm³/mol. The third-order valence-corrected chi connectivity index (χ3v) is 3.15. The fraction of sp³-hybridized carbons (Fsp3) is 0.750. The number of nitrogens with one attached hydrogen (secondary N) is 1. The van der Waals surface area contributed by atoms with Crippen molar-refractivity contribution in [3.8, 4) is 0 Å². The van der Waals surface area contributed by atoms with Crippen molar-refractivity contribution >= 4 is 0 Å². The summed E-state index contributed by atoms with van der Waals surface area (Å²) >= 11 is 0. The Morgan fingerprint density at radius 3 is 3.13 bits per heavy atom. The van der Waals surface area contributed by atoms with E-state index in [-0.39, 0.29) is 0 Å². The smallest absolute Gasteiger partial charge is 0.106 e. The summed E-state index contributed by atoms with van der Waals surface area (Å²) in [5.74, 6) is 1.78. The summed E-state index contributed by atoms with van der Waals surface area (Å²) in [6.45, 7) is 3.10. The number of methoxy groups -OCH3 is 1. The Labute approximate surface area is 91.3 Å². The third kappa shape index (κ3) is 2.40. The molecule has 0 amide bonds. The van der Waals surface area contributed by atoms with Crippen LogP contribution in [-0.4, -0.2) is 23.7 Å². The molecule has 1 atom stereocenters. The maximum atomic E-state index is 5.05. The Morgan fingerprint density at radius 1 is 1.53 bits per heavy atom. The molecule has 0 fully saturated rings. The molecule has 1 aromatic heterocycles. The van der Waals surface area contributed by atoms with Crippen LogP contribution in [0.25, 0.3) is 0 Å². The van der Waals surface area contributed by atoms with Gasteiger partial charge in [0.2, 0.25) is 0 Å². The average molecular weight is 208 g/mol. The van der Waals surface area contributed by atoms with Gasteiger partial charge in [0.15, 0.2) is 0 Å². The van der Waals surface area contributed by atoms with Crippen LogP contribution in [0.3, 0.4) is 0 Å². The fourth-order valence-corrected chi connectivity index (χ4v) is 2.30. The number of rotatable bonds is 4. The quantitative estimate of drug-likeness (QED) is 0.772. The van der Waals surface area contributed by atoms with Crippen LogP contribution in [0.2, 0.25) is 0 Å². The van der Waals surface area contributed by atoms with E-state index in [0.29, 0.717) is 5.92 Å². The zero-order valence-corrected chi connectivity index (χ0v) is 9.68. The highest BCUT2D eigenvalue weighted by Crippen LogP contribution is 2.29. The SMILES string of the molecule is COCCCc1nc2c([nH]1)CCCC2C. The number of imidazole rings is 1. The number of aromatic nitrogens is 2. The minimum Gasteiger partial charge on any atom is -0.385 e. The summed E-state index contributed by atoms with van der Waals surface area (Å²) in [5, 5.41) is 0. The molecule has 0 saturated heterocycles. The minimum absolute atomic E-state index is 0.640. The van der Waals surface area contributed by atoms with E-state index >= 15 is 0 Å². The zero-order valence-electron chi connectivity index (χ0n) is 9.68. The predicted octanol–water partition coefficient (Wildman–Crippen LogP) is 2.43. The highest BCUT2D eigenvalue weighted by Gasteiger charge is 2.20.